The molecule has 0 atom stereocenters. The molecule has 0 aromatic heterocycles. The molecule has 0 spiro atoms. The molecule has 0 aromatic carbocycles. The molecule has 6 nitrogen and oxygen atoms in total. The zero-order valence-corrected chi connectivity index (χ0v) is 18.6. The van der Waals surface area contributed by atoms with E-state index in [1.54, 1.807) is 0 Å². The van der Waals surface area contributed by atoms with E-state index in [-0.39, 0.29) is 5.91 Å². The minimum atomic E-state index is 0.255. The summed E-state index contributed by atoms with van der Waals surface area (Å²) in [7, 11) is 2.10. The summed E-state index contributed by atoms with van der Waals surface area (Å²) in [4.78, 5) is 16.3. The average molecular weight is 401 g/mol. The SMILES string of the molecule is CC(C)CCCCCCOCCOCCOCCCC(=O)N1CCN(C)CC1. The molecule has 1 aliphatic heterocycles. The molecular weight excluding hydrogens is 356 g/mol. The Balaban J connectivity index is 1.74. The number of unbranched alkanes of at least 4 members (excludes halogenated alkanes) is 3. The van der Waals surface area contributed by atoms with Crippen molar-refractivity contribution in [3.8, 4) is 0 Å². The Morgan fingerprint density at radius 1 is 0.750 bits per heavy atom. The van der Waals surface area contributed by atoms with Gasteiger partial charge in [-0.15, -0.1) is 0 Å². The van der Waals surface area contributed by atoms with Gasteiger partial charge in [0.2, 0.25) is 5.91 Å². The van der Waals surface area contributed by atoms with Crippen LogP contribution in [-0.2, 0) is 19.0 Å². The van der Waals surface area contributed by atoms with Crippen LogP contribution in [0.3, 0.4) is 0 Å². The Morgan fingerprint density at radius 2 is 1.29 bits per heavy atom. The third-order valence-electron chi connectivity index (χ3n) is 5.10. The van der Waals surface area contributed by atoms with E-state index in [9.17, 15) is 4.79 Å². The molecule has 0 unspecified atom stereocenters. The predicted molar refractivity (Wildman–Crippen MR) is 114 cm³/mol. The fraction of sp³-hybridized carbons (Fsp3) is 0.955. The lowest BCUT2D eigenvalue weighted by Gasteiger charge is -2.32. The first-order chi connectivity index (χ1) is 13.6. The quantitative estimate of drug-likeness (QED) is 0.351. The van der Waals surface area contributed by atoms with E-state index in [1.165, 1.54) is 25.7 Å². The second-order valence-corrected chi connectivity index (χ2v) is 8.22. The molecule has 166 valence electrons. The van der Waals surface area contributed by atoms with E-state index in [1.807, 2.05) is 4.90 Å². The highest BCUT2D eigenvalue weighted by Crippen LogP contribution is 2.09. The number of nitrogens with zero attached hydrogens (tertiary/aromatic N) is 2. The summed E-state index contributed by atoms with van der Waals surface area (Å²) < 4.78 is 16.6. The lowest BCUT2D eigenvalue weighted by atomic mass is 10.0. The van der Waals surface area contributed by atoms with Gasteiger partial charge >= 0.3 is 0 Å². The normalized spacial score (nSPS) is 15.5. The lowest BCUT2D eigenvalue weighted by molar-refractivity contribution is -0.133. The van der Waals surface area contributed by atoms with Gasteiger partial charge in [-0.3, -0.25) is 4.79 Å². The van der Waals surface area contributed by atoms with Crippen molar-refractivity contribution in [2.45, 2.75) is 58.8 Å². The van der Waals surface area contributed by atoms with Crippen LogP contribution in [0.2, 0.25) is 0 Å². The van der Waals surface area contributed by atoms with Crippen LogP contribution in [0.1, 0.15) is 58.8 Å². The molecule has 1 saturated heterocycles. The molecule has 28 heavy (non-hydrogen) atoms. The summed E-state index contributed by atoms with van der Waals surface area (Å²) in [6.45, 7) is 12.1. The van der Waals surface area contributed by atoms with Gasteiger partial charge in [0, 0.05) is 45.8 Å². The van der Waals surface area contributed by atoms with Crippen LogP contribution in [0.15, 0.2) is 0 Å². The van der Waals surface area contributed by atoms with Crippen molar-refractivity contribution in [2.75, 3.05) is 72.9 Å². The number of rotatable bonds is 17. The molecule has 0 N–H and O–H groups in total. The van der Waals surface area contributed by atoms with Gasteiger partial charge in [0.15, 0.2) is 0 Å². The van der Waals surface area contributed by atoms with Crippen molar-refractivity contribution in [3.63, 3.8) is 0 Å². The van der Waals surface area contributed by atoms with E-state index >= 15 is 0 Å². The van der Waals surface area contributed by atoms with Gasteiger partial charge < -0.3 is 24.0 Å². The van der Waals surface area contributed by atoms with Gasteiger partial charge in [-0.05, 0) is 25.8 Å². The third kappa shape index (κ3) is 14.3. The van der Waals surface area contributed by atoms with Crippen molar-refractivity contribution in [3.05, 3.63) is 0 Å². The highest BCUT2D eigenvalue weighted by molar-refractivity contribution is 5.76. The first-order valence-electron chi connectivity index (χ1n) is 11.3. The van der Waals surface area contributed by atoms with Crippen LogP contribution in [0.5, 0.6) is 0 Å². The fourth-order valence-electron chi connectivity index (χ4n) is 3.19. The summed E-state index contributed by atoms with van der Waals surface area (Å²) in [5.74, 6) is 1.08. The number of hydrogen-bond donors (Lipinski definition) is 0. The molecule has 0 bridgehead atoms. The Hall–Kier alpha value is -0.690. The van der Waals surface area contributed by atoms with E-state index in [2.05, 4.69) is 25.8 Å². The van der Waals surface area contributed by atoms with Gasteiger partial charge in [-0.1, -0.05) is 39.5 Å². The van der Waals surface area contributed by atoms with Gasteiger partial charge in [0.25, 0.3) is 0 Å². The van der Waals surface area contributed by atoms with Gasteiger partial charge in [-0.2, -0.15) is 0 Å². The predicted octanol–water partition coefficient (Wildman–Crippen LogP) is 3.20. The highest BCUT2D eigenvalue weighted by Gasteiger charge is 2.18. The van der Waals surface area contributed by atoms with Crippen LogP contribution >= 0.6 is 0 Å². The summed E-state index contributed by atoms with van der Waals surface area (Å²) in [6, 6.07) is 0. The van der Waals surface area contributed by atoms with Crippen LogP contribution in [-0.4, -0.2) is 88.6 Å². The van der Waals surface area contributed by atoms with E-state index in [4.69, 9.17) is 14.2 Å². The molecule has 1 fully saturated rings. The van der Waals surface area contributed by atoms with Gasteiger partial charge in [-0.25, -0.2) is 0 Å². The van der Waals surface area contributed by atoms with Crippen molar-refractivity contribution < 1.29 is 19.0 Å². The monoisotopic (exact) mass is 400 g/mol. The molecule has 6 heteroatoms. The Bertz CT molecular complexity index is 372. The second-order valence-electron chi connectivity index (χ2n) is 8.22. The zero-order valence-electron chi connectivity index (χ0n) is 18.6. The first kappa shape index (κ1) is 25.3. The number of carbonyl (C=O) groups excluding carboxylic acids is 1. The molecule has 1 heterocycles. The van der Waals surface area contributed by atoms with Crippen molar-refractivity contribution in [2.24, 2.45) is 5.92 Å². The van der Waals surface area contributed by atoms with Gasteiger partial charge in [0.05, 0.1) is 26.4 Å². The van der Waals surface area contributed by atoms with Crippen LogP contribution < -0.4 is 0 Å². The Morgan fingerprint density at radius 3 is 1.89 bits per heavy atom. The van der Waals surface area contributed by atoms with E-state index < -0.39 is 0 Å². The summed E-state index contributed by atoms with van der Waals surface area (Å²) in [5.41, 5.74) is 0. The summed E-state index contributed by atoms with van der Waals surface area (Å²) in [5, 5.41) is 0. The molecule has 1 rings (SSSR count). The fourth-order valence-corrected chi connectivity index (χ4v) is 3.19. The maximum absolute atomic E-state index is 12.1. The number of carbonyl (C=O) groups is 1. The minimum Gasteiger partial charge on any atom is -0.379 e. The Kier molecular flexibility index (Phi) is 15.6. The molecule has 0 aliphatic carbocycles. The molecule has 1 amide bonds. The van der Waals surface area contributed by atoms with Gasteiger partial charge in [0.1, 0.15) is 0 Å². The van der Waals surface area contributed by atoms with Crippen LogP contribution in [0.25, 0.3) is 0 Å². The Labute approximate surface area is 172 Å². The highest BCUT2D eigenvalue weighted by atomic mass is 16.5. The van der Waals surface area contributed by atoms with Crippen LogP contribution in [0.4, 0.5) is 0 Å². The molecule has 1 aliphatic rings. The number of piperazine rings is 1. The number of amides is 1. The average Bonchev–Trinajstić information content (AvgIpc) is 2.67. The second kappa shape index (κ2) is 17.2. The number of hydrogen-bond acceptors (Lipinski definition) is 5. The van der Waals surface area contributed by atoms with Crippen molar-refractivity contribution >= 4 is 5.91 Å². The molecule has 0 saturated carbocycles. The first-order valence-corrected chi connectivity index (χ1v) is 11.3. The van der Waals surface area contributed by atoms with Crippen molar-refractivity contribution in [1.29, 1.82) is 0 Å². The van der Waals surface area contributed by atoms with E-state index in [0.29, 0.717) is 39.5 Å². The smallest absolute Gasteiger partial charge is 0.222 e. The number of likely N-dealkylation sites (N-methyl/N-ethyl adjacent to an activating group) is 1. The number of ether oxygens (including phenoxy) is 3. The molecular formula is C22H44N2O4. The zero-order chi connectivity index (χ0) is 20.5. The summed E-state index contributed by atoms with van der Waals surface area (Å²) in [6.07, 6.45) is 7.76. The molecule has 0 aromatic rings. The largest absolute Gasteiger partial charge is 0.379 e. The van der Waals surface area contributed by atoms with Crippen LogP contribution in [0, 0.1) is 5.92 Å². The topological polar surface area (TPSA) is 51.2 Å². The van der Waals surface area contributed by atoms with E-state index in [0.717, 1.165) is 51.5 Å². The molecule has 0 radical (unpaired) electrons. The minimum absolute atomic E-state index is 0.255. The third-order valence-corrected chi connectivity index (χ3v) is 5.10. The maximum atomic E-state index is 12.1. The lowest BCUT2D eigenvalue weighted by Crippen LogP contribution is -2.47. The van der Waals surface area contributed by atoms with Crippen molar-refractivity contribution in [1.82, 2.24) is 9.80 Å². The standard InChI is InChI=1S/C22H44N2O4/c1-21(2)9-6-4-5-7-15-26-17-19-28-20-18-27-16-8-10-22(25)24-13-11-23(3)12-14-24/h21H,4-20H2,1-3H3. The maximum Gasteiger partial charge on any atom is 0.222 e. The summed E-state index contributed by atoms with van der Waals surface area (Å²) >= 11 is 0.